The Morgan fingerprint density at radius 2 is 2.05 bits per heavy atom. The maximum absolute atomic E-state index is 12.6. The number of benzene rings is 1. The number of hydrogen-bond acceptors (Lipinski definition) is 5. The highest BCUT2D eigenvalue weighted by Gasteiger charge is 2.39. The van der Waals surface area contributed by atoms with Crippen molar-refractivity contribution in [2.75, 3.05) is 25.2 Å². The molecule has 1 aliphatic rings. The van der Waals surface area contributed by atoms with E-state index in [-0.39, 0.29) is 12.3 Å². The summed E-state index contributed by atoms with van der Waals surface area (Å²) in [7, 11) is -1.97. The van der Waals surface area contributed by atoms with Crippen LogP contribution in [0.25, 0.3) is 0 Å². The Morgan fingerprint density at radius 1 is 1.36 bits per heavy atom. The second-order valence-corrected chi connectivity index (χ2v) is 7.33. The molecule has 0 bridgehead atoms. The zero-order chi connectivity index (χ0) is 16.5. The number of carboxylic acids is 1. The Bertz CT molecular complexity index is 712. The molecule has 0 radical (unpaired) electrons. The number of methoxy groups -OCH3 is 1. The molecule has 1 amide bonds. The average Bonchev–Trinajstić information content (AvgIpc) is 2.46. The van der Waals surface area contributed by atoms with Gasteiger partial charge in [0.1, 0.15) is 11.8 Å². The normalized spacial score (nSPS) is 20.5. The molecule has 7 nitrogen and oxygen atoms in total. The summed E-state index contributed by atoms with van der Waals surface area (Å²) in [4.78, 5) is 25.0. The lowest BCUT2D eigenvalue weighted by atomic mass is 10.1. The van der Waals surface area contributed by atoms with Gasteiger partial charge in [0.15, 0.2) is 9.84 Å². The lowest BCUT2D eigenvalue weighted by Gasteiger charge is -2.33. The monoisotopic (exact) mass is 327 g/mol. The van der Waals surface area contributed by atoms with Crippen LogP contribution in [0.1, 0.15) is 15.9 Å². The van der Waals surface area contributed by atoms with Crippen LogP contribution in [0.15, 0.2) is 18.2 Å². The summed E-state index contributed by atoms with van der Waals surface area (Å²) < 4.78 is 28.4. The van der Waals surface area contributed by atoms with Gasteiger partial charge in [-0.15, -0.1) is 0 Å². The maximum Gasteiger partial charge on any atom is 0.327 e. The molecular weight excluding hydrogens is 310 g/mol. The van der Waals surface area contributed by atoms with Crippen LogP contribution in [-0.2, 0) is 14.6 Å². The van der Waals surface area contributed by atoms with Gasteiger partial charge in [0.2, 0.25) is 0 Å². The predicted octanol–water partition coefficient (Wildman–Crippen LogP) is 0.327. The fraction of sp³-hybridized carbons (Fsp3) is 0.429. The molecule has 1 aliphatic heterocycles. The van der Waals surface area contributed by atoms with Crippen molar-refractivity contribution in [1.29, 1.82) is 0 Å². The van der Waals surface area contributed by atoms with Crippen molar-refractivity contribution in [1.82, 2.24) is 4.90 Å². The summed E-state index contributed by atoms with van der Waals surface area (Å²) in [6.07, 6.45) is 0. The Labute approximate surface area is 128 Å². The molecule has 1 N–H and O–H groups in total. The third-order valence-corrected chi connectivity index (χ3v) is 5.34. The molecule has 1 aromatic rings. The quantitative estimate of drug-likeness (QED) is 0.858. The molecule has 1 atom stereocenters. The lowest BCUT2D eigenvalue weighted by Crippen LogP contribution is -2.54. The third kappa shape index (κ3) is 3.06. The van der Waals surface area contributed by atoms with Gasteiger partial charge in [-0.3, -0.25) is 4.79 Å². The molecule has 1 heterocycles. The molecule has 0 aromatic heterocycles. The van der Waals surface area contributed by atoms with Crippen LogP contribution in [0.5, 0.6) is 5.75 Å². The van der Waals surface area contributed by atoms with Crippen molar-refractivity contribution in [2.45, 2.75) is 13.0 Å². The van der Waals surface area contributed by atoms with Gasteiger partial charge < -0.3 is 14.7 Å². The van der Waals surface area contributed by atoms with E-state index in [1.807, 2.05) is 0 Å². The number of sulfone groups is 1. The number of aliphatic carboxylic acids is 1. The molecule has 1 fully saturated rings. The summed E-state index contributed by atoms with van der Waals surface area (Å²) >= 11 is 0. The van der Waals surface area contributed by atoms with Gasteiger partial charge in [0, 0.05) is 17.7 Å². The highest BCUT2D eigenvalue weighted by Crippen LogP contribution is 2.24. The first-order chi connectivity index (χ1) is 10.3. The van der Waals surface area contributed by atoms with E-state index in [0.717, 1.165) is 4.90 Å². The van der Waals surface area contributed by atoms with Gasteiger partial charge in [-0.25, -0.2) is 13.2 Å². The predicted molar refractivity (Wildman–Crippen MR) is 78.8 cm³/mol. The van der Waals surface area contributed by atoms with Gasteiger partial charge in [-0.2, -0.15) is 0 Å². The topological polar surface area (TPSA) is 101 Å². The summed E-state index contributed by atoms with van der Waals surface area (Å²) in [6.45, 7) is 1.57. The number of ether oxygens (including phenoxy) is 1. The molecule has 120 valence electrons. The molecule has 8 heteroatoms. The van der Waals surface area contributed by atoms with E-state index in [1.165, 1.54) is 7.11 Å². The fourth-order valence-corrected chi connectivity index (χ4v) is 3.92. The molecule has 22 heavy (non-hydrogen) atoms. The molecule has 0 saturated carbocycles. The zero-order valence-electron chi connectivity index (χ0n) is 12.3. The minimum Gasteiger partial charge on any atom is -0.496 e. The second kappa shape index (κ2) is 5.96. The van der Waals surface area contributed by atoms with Crippen LogP contribution in [0.4, 0.5) is 0 Å². The number of carboxylic acid groups (broad SMARTS) is 1. The fourth-order valence-electron chi connectivity index (χ4n) is 2.48. The van der Waals surface area contributed by atoms with Gasteiger partial charge in [0.05, 0.1) is 18.6 Å². The van der Waals surface area contributed by atoms with E-state index < -0.39 is 33.5 Å². The highest BCUT2D eigenvalue weighted by atomic mass is 32.2. The van der Waals surface area contributed by atoms with Crippen LogP contribution >= 0.6 is 0 Å². The summed E-state index contributed by atoms with van der Waals surface area (Å²) in [5.74, 6) is -2.10. The molecule has 0 aliphatic carbocycles. The summed E-state index contributed by atoms with van der Waals surface area (Å²) in [5.41, 5.74) is 0.900. The number of carbonyl (C=O) groups excluding carboxylic acids is 1. The third-order valence-electron chi connectivity index (χ3n) is 3.71. The van der Waals surface area contributed by atoms with Gasteiger partial charge >= 0.3 is 5.97 Å². The molecular formula is C14H17NO6S. The largest absolute Gasteiger partial charge is 0.496 e. The number of rotatable bonds is 3. The van der Waals surface area contributed by atoms with Gasteiger partial charge in [0.25, 0.3) is 5.91 Å². The molecule has 0 spiro atoms. The molecule has 2 rings (SSSR count). The number of carbonyl (C=O) groups is 2. The number of amides is 1. The van der Waals surface area contributed by atoms with Gasteiger partial charge in [-0.1, -0.05) is 6.07 Å². The van der Waals surface area contributed by atoms with Crippen molar-refractivity contribution >= 4 is 21.7 Å². The minimum absolute atomic E-state index is 0.130. The average molecular weight is 327 g/mol. The van der Waals surface area contributed by atoms with E-state index in [9.17, 15) is 23.1 Å². The first kappa shape index (κ1) is 16.3. The Kier molecular flexibility index (Phi) is 4.41. The van der Waals surface area contributed by atoms with E-state index in [0.29, 0.717) is 16.9 Å². The number of hydrogen-bond donors (Lipinski definition) is 1. The summed E-state index contributed by atoms with van der Waals surface area (Å²) in [6, 6.07) is 3.54. The van der Waals surface area contributed by atoms with Crippen molar-refractivity contribution in [3.63, 3.8) is 0 Å². The van der Waals surface area contributed by atoms with Crippen LogP contribution < -0.4 is 4.74 Å². The SMILES string of the molecule is COc1cccc(C(=O)N2CCS(=O)(=O)CC2C(=O)O)c1C. The van der Waals surface area contributed by atoms with Crippen molar-refractivity contribution in [3.05, 3.63) is 29.3 Å². The molecule has 1 aromatic carbocycles. The standard InChI is InChI=1S/C14H17NO6S/c1-9-10(4-3-5-12(9)21-2)13(16)15-6-7-22(19,20)8-11(15)14(17)18/h3-5,11H,6-8H2,1-2H3,(H,17,18). The first-order valence-electron chi connectivity index (χ1n) is 6.64. The molecule has 1 unspecified atom stereocenters. The minimum atomic E-state index is -3.45. The molecule has 1 saturated heterocycles. The van der Waals surface area contributed by atoms with Crippen LogP contribution in [-0.4, -0.2) is 61.5 Å². The Morgan fingerprint density at radius 3 is 2.64 bits per heavy atom. The van der Waals surface area contributed by atoms with Crippen molar-refractivity contribution in [2.24, 2.45) is 0 Å². The lowest BCUT2D eigenvalue weighted by molar-refractivity contribution is -0.141. The van der Waals surface area contributed by atoms with Crippen LogP contribution in [0.2, 0.25) is 0 Å². The Balaban J connectivity index is 2.38. The van der Waals surface area contributed by atoms with E-state index in [4.69, 9.17) is 4.74 Å². The first-order valence-corrected chi connectivity index (χ1v) is 8.47. The van der Waals surface area contributed by atoms with Crippen LogP contribution in [0.3, 0.4) is 0 Å². The zero-order valence-corrected chi connectivity index (χ0v) is 13.1. The van der Waals surface area contributed by atoms with E-state index in [1.54, 1.807) is 25.1 Å². The Hall–Kier alpha value is -2.09. The summed E-state index contributed by atoms with van der Waals surface area (Å²) in [5, 5.41) is 9.22. The second-order valence-electron chi connectivity index (χ2n) is 5.10. The van der Waals surface area contributed by atoms with Gasteiger partial charge in [-0.05, 0) is 19.1 Å². The van der Waals surface area contributed by atoms with E-state index in [2.05, 4.69) is 0 Å². The van der Waals surface area contributed by atoms with Crippen molar-refractivity contribution in [3.8, 4) is 5.75 Å². The number of nitrogens with zero attached hydrogens (tertiary/aromatic N) is 1. The highest BCUT2D eigenvalue weighted by molar-refractivity contribution is 7.91. The smallest absolute Gasteiger partial charge is 0.327 e. The van der Waals surface area contributed by atoms with Crippen LogP contribution in [0, 0.1) is 6.92 Å². The van der Waals surface area contributed by atoms with Crippen molar-refractivity contribution < 1.29 is 27.9 Å². The maximum atomic E-state index is 12.6. The van der Waals surface area contributed by atoms with E-state index >= 15 is 0 Å².